The maximum absolute atomic E-state index is 11.5. The van der Waals surface area contributed by atoms with Gasteiger partial charge in [0.15, 0.2) is 0 Å². The number of carbonyl (C=O) groups is 1. The maximum Gasteiger partial charge on any atom is 0.338 e. The van der Waals surface area contributed by atoms with E-state index in [9.17, 15) is 4.79 Å². The number of nitriles is 1. The summed E-state index contributed by atoms with van der Waals surface area (Å²) in [6, 6.07) is 7.42. The van der Waals surface area contributed by atoms with Crippen LogP contribution < -0.4 is 0 Å². The smallest absolute Gasteiger partial charge is 0.338 e. The molecule has 1 unspecified atom stereocenters. The SMILES string of the molecule is CCC(C#N)c1cc(Br)ccc1C(=O)OC. The van der Waals surface area contributed by atoms with Crippen LogP contribution in [0.3, 0.4) is 0 Å². The van der Waals surface area contributed by atoms with E-state index < -0.39 is 5.97 Å². The zero-order chi connectivity index (χ0) is 12.1. The Morgan fingerprint density at radius 2 is 2.31 bits per heavy atom. The number of nitrogens with zero attached hydrogens (tertiary/aromatic N) is 1. The van der Waals surface area contributed by atoms with Gasteiger partial charge in [-0.25, -0.2) is 4.79 Å². The maximum atomic E-state index is 11.5. The lowest BCUT2D eigenvalue weighted by atomic mass is 9.93. The molecule has 0 aromatic heterocycles. The van der Waals surface area contributed by atoms with Gasteiger partial charge in [0.05, 0.1) is 24.7 Å². The Kier molecular flexibility index (Phi) is 4.51. The van der Waals surface area contributed by atoms with E-state index in [-0.39, 0.29) is 5.92 Å². The molecule has 0 fully saturated rings. The lowest BCUT2D eigenvalue weighted by Gasteiger charge is -2.11. The van der Waals surface area contributed by atoms with E-state index in [0.29, 0.717) is 17.5 Å². The molecule has 84 valence electrons. The van der Waals surface area contributed by atoms with Crippen molar-refractivity contribution < 1.29 is 9.53 Å². The zero-order valence-corrected chi connectivity index (χ0v) is 10.7. The third kappa shape index (κ3) is 2.61. The fourth-order valence-corrected chi connectivity index (χ4v) is 1.88. The first kappa shape index (κ1) is 12.7. The second kappa shape index (κ2) is 5.66. The van der Waals surface area contributed by atoms with Gasteiger partial charge in [-0.2, -0.15) is 5.26 Å². The topological polar surface area (TPSA) is 50.1 Å². The van der Waals surface area contributed by atoms with Gasteiger partial charge >= 0.3 is 5.97 Å². The first-order valence-electron chi connectivity index (χ1n) is 4.91. The molecule has 4 heteroatoms. The monoisotopic (exact) mass is 281 g/mol. The van der Waals surface area contributed by atoms with Gasteiger partial charge in [-0.05, 0) is 30.2 Å². The average Bonchev–Trinajstić information content (AvgIpc) is 2.30. The van der Waals surface area contributed by atoms with Gasteiger partial charge in [0.25, 0.3) is 0 Å². The minimum Gasteiger partial charge on any atom is -0.465 e. The molecular weight excluding hydrogens is 270 g/mol. The highest BCUT2D eigenvalue weighted by molar-refractivity contribution is 9.10. The molecule has 1 rings (SSSR count). The number of hydrogen-bond acceptors (Lipinski definition) is 3. The Morgan fingerprint density at radius 1 is 1.62 bits per heavy atom. The third-order valence-electron chi connectivity index (χ3n) is 2.36. The lowest BCUT2D eigenvalue weighted by molar-refractivity contribution is 0.0599. The Bertz CT molecular complexity index is 437. The summed E-state index contributed by atoms with van der Waals surface area (Å²) in [6.45, 7) is 1.91. The molecule has 1 atom stereocenters. The van der Waals surface area contributed by atoms with E-state index in [4.69, 9.17) is 10.00 Å². The molecule has 0 radical (unpaired) electrons. The summed E-state index contributed by atoms with van der Waals surface area (Å²) in [7, 11) is 1.33. The van der Waals surface area contributed by atoms with Gasteiger partial charge in [-0.1, -0.05) is 22.9 Å². The van der Waals surface area contributed by atoms with Crippen molar-refractivity contribution in [2.45, 2.75) is 19.3 Å². The lowest BCUT2D eigenvalue weighted by Crippen LogP contribution is -2.08. The predicted octanol–water partition coefficient (Wildman–Crippen LogP) is 3.25. The highest BCUT2D eigenvalue weighted by Gasteiger charge is 2.18. The van der Waals surface area contributed by atoms with Crippen LogP contribution in [0.4, 0.5) is 0 Å². The van der Waals surface area contributed by atoms with Crippen molar-refractivity contribution in [2.24, 2.45) is 0 Å². The van der Waals surface area contributed by atoms with Crippen molar-refractivity contribution in [3.8, 4) is 6.07 Å². The summed E-state index contributed by atoms with van der Waals surface area (Å²) in [4.78, 5) is 11.5. The molecule has 0 aliphatic rings. The van der Waals surface area contributed by atoms with Crippen molar-refractivity contribution in [1.82, 2.24) is 0 Å². The van der Waals surface area contributed by atoms with Gasteiger partial charge in [-0.15, -0.1) is 0 Å². The largest absolute Gasteiger partial charge is 0.465 e. The second-order valence-corrected chi connectivity index (χ2v) is 4.23. The molecule has 0 spiro atoms. The number of hydrogen-bond donors (Lipinski definition) is 0. The van der Waals surface area contributed by atoms with Gasteiger partial charge in [0.1, 0.15) is 0 Å². The van der Waals surface area contributed by atoms with E-state index in [0.717, 1.165) is 4.47 Å². The average molecular weight is 282 g/mol. The molecule has 1 aromatic rings. The fourth-order valence-electron chi connectivity index (χ4n) is 1.50. The van der Waals surface area contributed by atoms with Crippen LogP contribution >= 0.6 is 15.9 Å². The fraction of sp³-hybridized carbons (Fsp3) is 0.333. The minimum absolute atomic E-state index is 0.286. The summed E-state index contributed by atoms with van der Waals surface area (Å²) in [5.41, 5.74) is 1.17. The third-order valence-corrected chi connectivity index (χ3v) is 2.85. The van der Waals surface area contributed by atoms with E-state index in [1.54, 1.807) is 18.2 Å². The van der Waals surface area contributed by atoms with Gasteiger partial charge in [0, 0.05) is 4.47 Å². The Balaban J connectivity index is 3.29. The Hall–Kier alpha value is -1.34. The van der Waals surface area contributed by atoms with E-state index >= 15 is 0 Å². The highest BCUT2D eigenvalue weighted by atomic mass is 79.9. The minimum atomic E-state index is -0.406. The number of halogens is 1. The number of methoxy groups -OCH3 is 1. The quantitative estimate of drug-likeness (QED) is 0.799. The second-order valence-electron chi connectivity index (χ2n) is 3.31. The predicted molar refractivity (Wildman–Crippen MR) is 64.1 cm³/mol. The molecule has 0 N–H and O–H groups in total. The van der Waals surface area contributed by atoms with Crippen LogP contribution in [0.25, 0.3) is 0 Å². The summed E-state index contributed by atoms with van der Waals surface area (Å²) in [6.07, 6.45) is 0.664. The molecule has 0 aliphatic heterocycles. The number of ether oxygens (including phenoxy) is 1. The van der Waals surface area contributed by atoms with E-state index in [2.05, 4.69) is 22.0 Å². The van der Waals surface area contributed by atoms with E-state index in [1.165, 1.54) is 7.11 Å². The number of esters is 1. The Morgan fingerprint density at radius 3 is 2.81 bits per heavy atom. The van der Waals surface area contributed by atoms with Crippen molar-refractivity contribution in [3.05, 3.63) is 33.8 Å². The van der Waals surface area contributed by atoms with Gasteiger partial charge in [0.2, 0.25) is 0 Å². The summed E-state index contributed by atoms with van der Waals surface area (Å²) < 4.78 is 5.54. The number of carbonyl (C=O) groups excluding carboxylic acids is 1. The number of benzene rings is 1. The van der Waals surface area contributed by atoms with Crippen LogP contribution in [0.5, 0.6) is 0 Å². The van der Waals surface area contributed by atoms with Crippen LogP contribution in [-0.4, -0.2) is 13.1 Å². The summed E-state index contributed by atoms with van der Waals surface area (Å²) >= 11 is 3.33. The molecule has 0 aliphatic carbocycles. The normalized spacial score (nSPS) is 11.6. The Labute approximate surface area is 103 Å². The van der Waals surface area contributed by atoms with Gasteiger partial charge in [-0.3, -0.25) is 0 Å². The van der Waals surface area contributed by atoms with Crippen LogP contribution in [0.1, 0.15) is 35.2 Å². The van der Waals surface area contributed by atoms with Crippen LogP contribution in [0.2, 0.25) is 0 Å². The molecule has 3 nitrogen and oxygen atoms in total. The van der Waals surface area contributed by atoms with E-state index in [1.807, 2.05) is 6.92 Å². The molecule has 1 aromatic carbocycles. The zero-order valence-electron chi connectivity index (χ0n) is 9.16. The van der Waals surface area contributed by atoms with Crippen molar-refractivity contribution >= 4 is 21.9 Å². The highest BCUT2D eigenvalue weighted by Crippen LogP contribution is 2.26. The summed E-state index contributed by atoms with van der Waals surface area (Å²) in [5, 5.41) is 9.03. The molecule has 0 saturated heterocycles. The van der Waals surface area contributed by atoms with Crippen LogP contribution in [0.15, 0.2) is 22.7 Å². The molecule has 0 bridgehead atoms. The first-order valence-corrected chi connectivity index (χ1v) is 5.70. The van der Waals surface area contributed by atoms with Crippen molar-refractivity contribution in [3.63, 3.8) is 0 Å². The molecule has 0 heterocycles. The molecule has 16 heavy (non-hydrogen) atoms. The number of rotatable bonds is 3. The van der Waals surface area contributed by atoms with Crippen molar-refractivity contribution in [1.29, 1.82) is 5.26 Å². The van der Waals surface area contributed by atoms with Crippen molar-refractivity contribution in [2.75, 3.05) is 7.11 Å². The van der Waals surface area contributed by atoms with Gasteiger partial charge < -0.3 is 4.74 Å². The molecular formula is C12H12BrNO2. The molecule has 0 saturated carbocycles. The first-order chi connectivity index (χ1) is 7.63. The molecule has 0 amide bonds. The van der Waals surface area contributed by atoms with Crippen LogP contribution in [-0.2, 0) is 4.74 Å². The standard InChI is InChI=1S/C12H12BrNO2/c1-3-8(7-14)11-6-9(13)4-5-10(11)12(15)16-2/h4-6,8H,3H2,1-2H3. The summed E-state index contributed by atoms with van der Waals surface area (Å²) in [5.74, 6) is -0.692. The van der Waals surface area contributed by atoms with Crippen LogP contribution in [0, 0.1) is 11.3 Å².